The van der Waals surface area contributed by atoms with Gasteiger partial charge in [-0.25, -0.2) is 26.9 Å². The quantitative estimate of drug-likeness (QED) is 0.344. The van der Waals surface area contributed by atoms with Crippen molar-refractivity contribution in [3.05, 3.63) is 58.9 Å². The number of nitrogens with zero attached hydrogens (tertiary/aromatic N) is 1. The molecule has 0 saturated carbocycles. The second-order valence-corrected chi connectivity index (χ2v) is 4.40. The van der Waals surface area contributed by atoms with Gasteiger partial charge in [-0.3, -0.25) is 0 Å². The molecule has 0 saturated heterocycles. The summed E-state index contributed by atoms with van der Waals surface area (Å²) in [6, 6.07) is 5.77. The van der Waals surface area contributed by atoms with Crippen LogP contribution in [-0.4, -0.2) is 12.3 Å². The highest BCUT2D eigenvalue weighted by atomic mass is 35.5. The van der Waals surface area contributed by atoms with Crippen molar-refractivity contribution in [1.82, 2.24) is 0 Å². The molecule has 0 unspecified atom stereocenters. The van der Waals surface area contributed by atoms with E-state index in [1.165, 1.54) is 31.4 Å². The molecule has 0 aliphatic heterocycles. The van der Waals surface area contributed by atoms with Crippen LogP contribution in [0.3, 0.4) is 0 Å². The molecule has 0 aliphatic rings. The van der Waals surface area contributed by atoms with E-state index in [9.17, 15) is 22.0 Å². The first-order valence-corrected chi connectivity index (χ1v) is 6.14. The predicted molar refractivity (Wildman–Crippen MR) is 71.3 cm³/mol. The van der Waals surface area contributed by atoms with E-state index < -0.39 is 39.8 Å². The number of hydrogen-bond acceptors (Lipinski definition) is 2. The lowest BCUT2D eigenvalue weighted by Crippen LogP contribution is -2.09. The van der Waals surface area contributed by atoms with Gasteiger partial charge in [0.1, 0.15) is 10.9 Å². The Morgan fingerprint density at radius 2 is 1.32 bits per heavy atom. The Balaban J connectivity index is 2.53. The second kappa shape index (κ2) is 6.31. The molecule has 0 amide bonds. The fourth-order valence-corrected chi connectivity index (χ4v) is 1.88. The van der Waals surface area contributed by atoms with Gasteiger partial charge in [-0.05, 0) is 24.3 Å². The highest BCUT2D eigenvalue weighted by Gasteiger charge is 2.27. The monoisotopic (exact) mass is 335 g/mol. The minimum atomic E-state index is -2.26. The van der Waals surface area contributed by atoms with Gasteiger partial charge in [0.2, 0.25) is 5.82 Å². The number of halogens is 6. The summed E-state index contributed by atoms with van der Waals surface area (Å²) >= 11 is 5.60. The van der Waals surface area contributed by atoms with Crippen molar-refractivity contribution in [2.75, 3.05) is 7.11 Å². The fourth-order valence-electron chi connectivity index (χ4n) is 1.61. The van der Waals surface area contributed by atoms with Crippen LogP contribution in [-0.2, 0) is 0 Å². The maximum absolute atomic E-state index is 13.6. The van der Waals surface area contributed by atoms with Crippen molar-refractivity contribution in [3.63, 3.8) is 0 Å². The Morgan fingerprint density at radius 1 is 0.864 bits per heavy atom. The number of ether oxygens (including phenoxy) is 1. The minimum absolute atomic E-state index is 0.148. The molecule has 2 aromatic rings. The maximum Gasteiger partial charge on any atom is 0.200 e. The normalized spacial score (nSPS) is 11.7. The number of aliphatic imine (C=N–C) groups is 1. The van der Waals surface area contributed by atoms with Crippen molar-refractivity contribution in [2.24, 2.45) is 4.99 Å². The van der Waals surface area contributed by atoms with E-state index >= 15 is 0 Å². The predicted octanol–water partition coefficient (Wildman–Crippen LogP) is 4.71. The highest BCUT2D eigenvalue weighted by molar-refractivity contribution is 6.69. The highest BCUT2D eigenvalue weighted by Crippen LogP contribution is 2.26. The van der Waals surface area contributed by atoms with Crippen LogP contribution < -0.4 is 4.74 Å². The van der Waals surface area contributed by atoms with Gasteiger partial charge in [0.25, 0.3) is 0 Å². The number of methoxy groups -OCH3 is 1. The summed E-state index contributed by atoms with van der Waals surface area (Å²) in [5.74, 6) is -10.0. The lowest BCUT2D eigenvalue weighted by atomic mass is 10.2. The Kier molecular flexibility index (Phi) is 4.65. The summed E-state index contributed by atoms with van der Waals surface area (Å²) in [4.78, 5) is 3.63. The van der Waals surface area contributed by atoms with Gasteiger partial charge in [0.05, 0.1) is 18.4 Å². The van der Waals surface area contributed by atoms with Crippen molar-refractivity contribution in [1.29, 1.82) is 0 Å². The number of benzene rings is 2. The molecule has 0 atom stereocenters. The topological polar surface area (TPSA) is 21.6 Å². The molecule has 0 aliphatic carbocycles. The molecule has 116 valence electrons. The molecule has 2 aromatic carbocycles. The molecule has 0 bridgehead atoms. The zero-order valence-corrected chi connectivity index (χ0v) is 11.7. The van der Waals surface area contributed by atoms with Crippen molar-refractivity contribution in [2.45, 2.75) is 0 Å². The number of hydrogen-bond donors (Lipinski definition) is 0. The average molecular weight is 336 g/mol. The van der Waals surface area contributed by atoms with Gasteiger partial charge in [-0.1, -0.05) is 11.6 Å². The van der Waals surface area contributed by atoms with Crippen LogP contribution in [0.2, 0.25) is 0 Å². The Morgan fingerprint density at radius 3 is 1.77 bits per heavy atom. The Labute approximate surface area is 126 Å². The summed E-state index contributed by atoms with van der Waals surface area (Å²) in [6.45, 7) is 0. The molecule has 0 aromatic heterocycles. The zero-order chi connectivity index (χ0) is 16.4. The van der Waals surface area contributed by atoms with Crippen molar-refractivity contribution < 1.29 is 26.7 Å². The van der Waals surface area contributed by atoms with Gasteiger partial charge in [-0.15, -0.1) is 0 Å². The van der Waals surface area contributed by atoms with Crippen LogP contribution in [0.4, 0.5) is 27.6 Å². The molecule has 0 spiro atoms. The van der Waals surface area contributed by atoms with E-state index in [1.807, 2.05) is 0 Å². The largest absolute Gasteiger partial charge is 0.497 e. The van der Waals surface area contributed by atoms with E-state index in [0.717, 1.165) is 0 Å². The molecule has 0 N–H and O–H groups in total. The van der Waals surface area contributed by atoms with Crippen LogP contribution >= 0.6 is 11.6 Å². The lowest BCUT2D eigenvalue weighted by Gasteiger charge is -2.07. The smallest absolute Gasteiger partial charge is 0.200 e. The molecular weight excluding hydrogens is 329 g/mol. The van der Waals surface area contributed by atoms with Gasteiger partial charge < -0.3 is 4.74 Å². The van der Waals surface area contributed by atoms with Crippen molar-refractivity contribution in [3.8, 4) is 5.75 Å². The standard InChI is InChI=1S/C14H7ClF5NO/c1-22-7-4-2-6(3-5-7)21-14(15)8-9(16)11(18)13(20)12(19)10(8)17/h2-5H,1H3. The molecule has 0 heterocycles. The Hall–Kier alpha value is -2.15. The summed E-state index contributed by atoms with van der Waals surface area (Å²) in [5, 5.41) is -0.863. The van der Waals surface area contributed by atoms with Crippen molar-refractivity contribution >= 4 is 22.5 Å². The van der Waals surface area contributed by atoms with E-state index in [4.69, 9.17) is 16.3 Å². The maximum atomic E-state index is 13.6. The van der Waals surface area contributed by atoms with E-state index in [2.05, 4.69) is 4.99 Å². The summed E-state index contributed by atoms with van der Waals surface area (Å²) in [5.41, 5.74) is -1.14. The van der Waals surface area contributed by atoms with Crippen LogP contribution in [0.1, 0.15) is 5.56 Å². The van der Waals surface area contributed by atoms with Gasteiger partial charge in [-0.2, -0.15) is 0 Å². The first-order chi connectivity index (χ1) is 10.4. The molecule has 2 nitrogen and oxygen atoms in total. The van der Waals surface area contributed by atoms with E-state index in [0.29, 0.717) is 5.75 Å². The molecular formula is C14H7ClF5NO. The van der Waals surface area contributed by atoms with Gasteiger partial charge in [0.15, 0.2) is 23.3 Å². The molecule has 0 radical (unpaired) electrons. The second-order valence-electron chi connectivity index (χ2n) is 4.05. The van der Waals surface area contributed by atoms with Gasteiger partial charge in [0, 0.05) is 0 Å². The molecule has 0 fully saturated rings. The lowest BCUT2D eigenvalue weighted by molar-refractivity contribution is 0.377. The van der Waals surface area contributed by atoms with E-state index in [1.54, 1.807) is 0 Å². The first kappa shape index (κ1) is 16.2. The Bertz CT molecular complexity index is 717. The number of rotatable bonds is 3. The van der Waals surface area contributed by atoms with Crippen LogP contribution in [0.25, 0.3) is 0 Å². The van der Waals surface area contributed by atoms with E-state index in [-0.39, 0.29) is 5.69 Å². The zero-order valence-electron chi connectivity index (χ0n) is 10.9. The van der Waals surface area contributed by atoms with Gasteiger partial charge >= 0.3 is 0 Å². The summed E-state index contributed by atoms with van der Waals surface area (Å²) < 4.78 is 71.2. The molecule has 8 heteroatoms. The van der Waals surface area contributed by atoms with Crippen LogP contribution in [0.5, 0.6) is 5.75 Å². The first-order valence-electron chi connectivity index (χ1n) is 5.76. The van der Waals surface area contributed by atoms with Crippen LogP contribution in [0, 0.1) is 29.1 Å². The fraction of sp³-hybridized carbons (Fsp3) is 0.0714. The minimum Gasteiger partial charge on any atom is -0.497 e. The SMILES string of the molecule is COc1ccc(N=C(Cl)c2c(F)c(F)c(F)c(F)c2F)cc1. The molecule has 2 rings (SSSR count). The van der Waals surface area contributed by atoms with Crippen LogP contribution in [0.15, 0.2) is 29.3 Å². The summed E-state index contributed by atoms with van der Waals surface area (Å²) in [7, 11) is 1.43. The average Bonchev–Trinajstić information content (AvgIpc) is 2.52. The third-order valence-corrected chi connectivity index (χ3v) is 2.99. The summed E-state index contributed by atoms with van der Waals surface area (Å²) in [6.07, 6.45) is 0. The third kappa shape index (κ3) is 2.89. The molecule has 22 heavy (non-hydrogen) atoms. The third-order valence-electron chi connectivity index (χ3n) is 2.72.